The molecule has 0 saturated heterocycles. The Kier molecular flexibility index (Phi) is 5.41. The van der Waals surface area contributed by atoms with E-state index in [4.69, 9.17) is 22.1 Å². The molecule has 3 aromatic rings. The van der Waals surface area contributed by atoms with E-state index in [0.29, 0.717) is 17.6 Å². The Balaban J connectivity index is 1.85. The maximum absolute atomic E-state index is 12.7. The van der Waals surface area contributed by atoms with E-state index in [1.54, 1.807) is 31.4 Å². The van der Waals surface area contributed by atoms with Crippen molar-refractivity contribution in [3.05, 3.63) is 53.4 Å². The number of ether oxygens (including phenoxy) is 1. The SMILES string of the molecule is COc1cccc(Nc2ncnc(Nc3ncc(C(F)(F)F)cc3Cl)c2N)c1. The first-order chi connectivity index (χ1) is 13.3. The molecule has 0 aliphatic rings. The maximum atomic E-state index is 12.7. The van der Waals surface area contributed by atoms with Crippen LogP contribution in [0.1, 0.15) is 5.56 Å². The Morgan fingerprint density at radius 1 is 1.04 bits per heavy atom. The minimum Gasteiger partial charge on any atom is -0.497 e. The van der Waals surface area contributed by atoms with Gasteiger partial charge in [-0.25, -0.2) is 15.0 Å². The summed E-state index contributed by atoms with van der Waals surface area (Å²) in [6.45, 7) is 0. The monoisotopic (exact) mass is 410 g/mol. The predicted molar refractivity (Wildman–Crippen MR) is 100 cm³/mol. The van der Waals surface area contributed by atoms with Crippen molar-refractivity contribution in [3.8, 4) is 5.75 Å². The van der Waals surface area contributed by atoms with Crippen molar-refractivity contribution in [2.45, 2.75) is 6.18 Å². The molecule has 0 aliphatic carbocycles. The number of nitrogen functional groups attached to an aromatic ring is 1. The number of nitrogens with zero attached hydrogens (tertiary/aromatic N) is 3. The van der Waals surface area contributed by atoms with Crippen molar-refractivity contribution in [1.82, 2.24) is 15.0 Å². The molecule has 2 heterocycles. The molecule has 4 N–H and O–H groups in total. The van der Waals surface area contributed by atoms with Crippen LogP contribution in [0.15, 0.2) is 42.9 Å². The zero-order valence-corrected chi connectivity index (χ0v) is 15.1. The van der Waals surface area contributed by atoms with Crippen LogP contribution in [0.2, 0.25) is 5.02 Å². The van der Waals surface area contributed by atoms with Gasteiger partial charge in [0.15, 0.2) is 11.6 Å². The first kappa shape index (κ1) is 19.5. The molecule has 0 radical (unpaired) electrons. The number of anilines is 5. The van der Waals surface area contributed by atoms with E-state index in [9.17, 15) is 13.2 Å². The highest BCUT2D eigenvalue weighted by atomic mass is 35.5. The average Bonchev–Trinajstić information content (AvgIpc) is 2.65. The fourth-order valence-corrected chi connectivity index (χ4v) is 2.44. The number of benzene rings is 1. The normalized spacial score (nSPS) is 11.2. The summed E-state index contributed by atoms with van der Waals surface area (Å²) in [6, 6.07) is 7.85. The molecule has 0 amide bonds. The molecule has 2 aromatic heterocycles. The van der Waals surface area contributed by atoms with Crippen LogP contribution in [0.3, 0.4) is 0 Å². The van der Waals surface area contributed by atoms with Gasteiger partial charge in [-0.15, -0.1) is 0 Å². The van der Waals surface area contributed by atoms with Crippen LogP contribution in [0, 0.1) is 0 Å². The van der Waals surface area contributed by atoms with Gasteiger partial charge in [0.05, 0.1) is 17.7 Å². The number of halogens is 4. The summed E-state index contributed by atoms with van der Waals surface area (Å²) in [5.74, 6) is 1.03. The minimum absolute atomic E-state index is 0.0209. The number of nitrogens with two attached hydrogens (primary N) is 1. The number of methoxy groups -OCH3 is 1. The molecule has 0 spiro atoms. The predicted octanol–water partition coefficient (Wildman–Crippen LogP) is 4.62. The third kappa shape index (κ3) is 4.34. The van der Waals surface area contributed by atoms with Crippen LogP contribution in [-0.2, 0) is 6.18 Å². The second kappa shape index (κ2) is 7.77. The lowest BCUT2D eigenvalue weighted by molar-refractivity contribution is -0.137. The molecule has 3 rings (SSSR count). The van der Waals surface area contributed by atoms with E-state index in [1.165, 1.54) is 6.33 Å². The number of rotatable bonds is 5. The number of nitrogens with one attached hydrogen (secondary N) is 2. The number of aromatic nitrogens is 3. The lowest BCUT2D eigenvalue weighted by atomic mass is 10.2. The lowest BCUT2D eigenvalue weighted by Gasteiger charge is -2.14. The number of alkyl halides is 3. The zero-order valence-electron chi connectivity index (χ0n) is 14.4. The average molecular weight is 411 g/mol. The number of pyridine rings is 1. The molecular formula is C17H14ClF3N6O. The Morgan fingerprint density at radius 2 is 1.75 bits per heavy atom. The summed E-state index contributed by atoms with van der Waals surface area (Å²) < 4.78 is 43.3. The van der Waals surface area contributed by atoms with Crippen molar-refractivity contribution < 1.29 is 17.9 Å². The molecule has 7 nitrogen and oxygen atoms in total. The molecule has 1 aromatic carbocycles. The summed E-state index contributed by atoms with van der Waals surface area (Å²) in [5.41, 5.74) is 5.90. The Bertz CT molecular complexity index is 999. The topological polar surface area (TPSA) is 98.0 Å². The van der Waals surface area contributed by atoms with E-state index >= 15 is 0 Å². The molecule has 0 saturated carbocycles. The van der Waals surface area contributed by atoms with Crippen molar-refractivity contribution in [1.29, 1.82) is 0 Å². The van der Waals surface area contributed by atoms with E-state index in [2.05, 4.69) is 25.6 Å². The van der Waals surface area contributed by atoms with Crippen LogP contribution in [-0.4, -0.2) is 22.1 Å². The van der Waals surface area contributed by atoms with Gasteiger partial charge in [0, 0.05) is 18.0 Å². The number of hydrogen-bond donors (Lipinski definition) is 3. The maximum Gasteiger partial charge on any atom is 0.417 e. The third-order valence-electron chi connectivity index (χ3n) is 3.62. The second-order valence-corrected chi connectivity index (χ2v) is 5.93. The second-order valence-electron chi connectivity index (χ2n) is 5.52. The Labute approximate surface area is 162 Å². The highest BCUT2D eigenvalue weighted by molar-refractivity contribution is 6.33. The summed E-state index contributed by atoms with van der Waals surface area (Å²) >= 11 is 5.90. The van der Waals surface area contributed by atoms with Gasteiger partial charge in [0.1, 0.15) is 23.6 Å². The first-order valence-corrected chi connectivity index (χ1v) is 8.17. The van der Waals surface area contributed by atoms with Crippen molar-refractivity contribution in [2.24, 2.45) is 0 Å². The summed E-state index contributed by atoms with van der Waals surface area (Å²) in [6.07, 6.45) is -2.64. The molecular weight excluding hydrogens is 397 g/mol. The number of hydrogen-bond acceptors (Lipinski definition) is 7. The van der Waals surface area contributed by atoms with E-state index < -0.39 is 11.7 Å². The molecule has 0 fully saturated rings. The van der Waals surface area contributed by atoms with E-state index in [0.717, 1.165) is 6.07 Å². The quantitative estimate of drug-likeness (QED) is 0.564. The van der Waals surface area contributed by atoms with E-state index in [1.807, 2.05) is 0 Å². The third-order valence-corrected chi connectivity index (χ3v) is 3.91. The fourth-order valence-electron chi connectivity index (χ4n) is 2.23. The van der Waals surface area contributed by atoms with Crippen LogP contribution in [0.4, 0.5) is 42.0 Å². The van der Waals surface area contributed by atoms with Crippen molar-refractivity contribution in [3.63, 3.8) is 0 Å². The standard InChI is InChI=1S/C17H14ClF3N6O/c1-28-11-4-2-3-10(6-11)26-15-13(22)16(25-8-24-15)27-14-12(18)5-9(7-23-14)17(19,20)21/h2-8H,22H2,1H3,(H2,23,24,25,26,27). The smallest absolute Gasteiger partial charge is 0.417 e. The van der Waals surface area contributed by atoms with E-state index in [-0.39, 0.29) is 28.2 Å². The molecule has 0 bridgehead atoms. The van der Waals surface area contributed by atoms with Gasteiger partial charge in [-0.1, -0.05) is 17.7 Å². The minimum atomic E-state index is -4.54. The van der Waals surface area contributed by atoms with Gasteiger partial charge in [-0.2, -0.15) is 13.2 Å². The zero-order chi connectivity index (χ0) is 20.3. The van der Waals surface area contributed by atoms with Crippen LogP contribution in [0.5, 0.6) is 5.75 Å². The molecule has 0 aliphatic heterocycles. The van der Waals surface area contributed by atoms with Gasteiger partial charge in [-0.3, -0.25) is 0 Å². The van der Waals surface area contributed by atoms with Gasteiger partial charge in [0.2, 0.25) is 0 Å². The molecule has 11 heteroatoms. The fraction of sp³-hybridized carbons (Fsp3) is 0.118. The largest absolute Gasteiger partial charge is 0.497 e. The summed E-state index contributed by atoms with van der Waals surface area (Å²) in [5, 5.41) is 5.51. The van der Waals surface area contributed by atoms with Crippen LogP contribution >= 0.6 is 11.6 Å². The molecule has 0 unspecified atom stereocenters. The van der Waals surface area contributed by atoms with Crippen molar-refractivity contribution >= 4 is 40.4 Å². The Hall–Kier alpha value is -3.27. The molecule has 28 heavy (non-hydrogen) atoms. The highest BCUT2D eigenvalue weighted by Gasteiger charge is 2.31. The van der Waals surface area contributed by atoms with Gasteiger partial charge in [-0.05, 0) is 18.2 Å². The lowest BCUT2D eigenvalue weighted by Crippen LogP contribution is -2.08. The summed E-state index contributed by atoms with van der Waals surface area (Å²) in [7, 11) is 1.54. The Morgan fingerprint density at radius 3 is 2.39 bits per heavy atom. The summed E-state index contributed by atoms with van der Waals surface area (Å²) in [4.78, 5) is 11.8. The van der Waals surface area contributed by atoms with Crippen molar-refractivity contribution in [2.75, 3.05) is 23.5 Å². The highest BCUT2D eigenvalue weighted by Crippen LogP contribution is 2.34. The molecule has 0 atom stereocenters. The van der Waals surface area contributed by atoms with Crippen LogP contribution < -0.4 is 21.1 Å². The van der Waals surface area contributed by atoms with Crippen LogP contribution in [0.25, 0.3) is 0 Å². The van der Waals surface area contributed by atoms with Gasteiger partial charge in [0.25, 0.3) is 0 Å². The van der Waals surface area contributed by atoms with Gasteiger partial charge < -0.3 is 21.1 Å². The van der Waals surface area contributed by atoms with Gasteiger partial charge >= 0.3 is 6.18 Å². The molecule has 146 valence electrons. The first-order valence-electron chi connectivity index (χ1n) is 7.79.